The second-order valence-electron chi connectivity index (χ2n) is 3.07. The lowest BCUT2D eigenvalue weighted by Gasteiger charge is -2.02. The van der Waals surface area contributed by atoms with Crippen LogP contribution in [-0.4, -0.2) is 18.2 Å². The molecule has 3 heteroatoms. The summed E-state index contributed by atoms with van der Waals surface area (Å²) in [6, 6.07) is 9.48. The van der Waals surface area contributed by atoms with Crippen LogP contribution in [0.4, 0.5) is 0 Å². The van der Waals surface area contributed by atoms with Crippen LogP contribution in [0.2, 0.25) is 0 Å². The zero-order chi connectivity index (χ0) is 11.1. The first kappa shape index (κ1) is 11.6. The summed E-state index contributed by atoms with van der Waals surface area (Å²) in [4.78, 5) is 21.9. The predicted octanol–water partition coefficient (Wildman–Crippen LogP) is 1.57. The van der Waals surface area contributed by atoms with Gasteiger partial charge in [-0.1, -0.05) is 30.3 Å². The third kappa shape index (κ3) is 4.04. The van der Waals surface area contributed by atoms with Gasteiger partial charge in [-0.15, -0.1) is 0 Å². The van der Waals surface area contributed by atoms with Gasteiger partial charge in [0.1, 0.15) is 6.61 Å². The smallest absolute Gasteiger partial charge is 0.223 e. The standard InChI is InChI=1S/C12H13O3/c1-2-11(13)12(14)9-15-8-10-6-4-3-5-7-10/h3-7H,1-2,8-9H2. The maximum Gasteiger partial charge on any atom is 0.223 e. The molecule has 1 aromatic rings. The maximum absolute atomic E-state index is 11.0. The first-order chi connectivity index (χ1) is 7.24. The van der Waals surface area contributed by atoms with Crippen LogP contribution in [0.3, 0.4) is 0 Å². The molecule has 0 saturated heterocycles. The van der Waals surface area contributed by atoms with E-state index in [4.69, 9.17) is 4.74 Å². The third-order valence-electron chi connectivity index (χ3n) is 1.88. The van der Waals surface area contributed by atoms with Gasteiger partial charge in [-0.2, -0.15) is 0 Å². The van der Waals surface area contributed by atoms with E-state index in [0.29, 0.717) is 6.61 Å². The van der Waals surface area contributed by atoms with Gasteiger partial charge < -0.3 is 4.74 Å². The molecule has 0 bridgehead atoms. The van der Waals surface area contributed by atoms with E-state index in [1.165, 1.54) is 0 Å². The quantitative estimate of drug-likeness (QED) is 0.662. The molecule has 0 aliphatic carbocycles. The normalized spacial score (nSPS) is 9.93. The molecule has 0 fully saturated rings. The number of Topliss-reactive ketones (excluding diaryl/α,β-unsaturated/α-hetero) is 2. The Morgan fingerprint density at radius 2 is 1.80 bits per heavy atom. The van der Waals surface area contributed by atoms with Gasteiger partial charge >= 0.3 is 0 Å². The van der Waals surface area contributed by atoms with Crippen LogP contribution in [-0.2, 0) is 20.9 Å². The average Bonchev–Trinajstić information content (AvgIpc) is 2.29. The number of hydrogen-bond acceptors (Lipinski definition) is 3. The van der Waals surface area contributed by atoms with Crippen molar-refractivity contribution in [1.29, 1.82) is 0 Å². The summed E-state index contributed by atoms with van der Waals surface area (Å²) < 4.78 is 5.11. The van der Waals surface area contributed by atoms with Crippen molar-refractivity contribution in [2.75, 3.05) is 6.61 Å². The van der Waals surface area contributed by atoms with Crippen molar-refractivity contribution in [3.8, 4) is 0 Å². The lowest BCUT2D eigenvalue weighted by atomic mass is 10.2. The third-order valence-corrected chi connectivity index (χ3v) is 1.88. The largest absolute Gasteiger partial charge is 0.368 e. The fraction of sp³-hybridized carbons (Fsp3) is 0.250. The Kier molecular flexibility index (Phi) is 4.71. The molecule has 0 amide bonds. The summed E-state index contributed by atoms with van der Waals surface area (Å²) in [7, 11) is 0. The summed E-state index contributed by atoms with van der Waals surface area (Å²) in [6.07, 6.45) is -0.00642. The van der Waals surface area contributed by atoms with Crippen molar-refractivity contribution < 1.29 is 14.3 Å². The molecule has 1 rings (SSSR count). The molecule has 0 aliphatic heterocycles. The average molecular weight is 205 g/mol. The second kappa shape index (κ2) is 6.09. The number of ketones is 2. The van der Waals surface area contributed by atoms with Crippen molar-refractivity contribution in [3.05, 3.63) is 42.8 Å². The Morgan fingerprint density at radius 3 is 2.40 bits per heavy atom. The van der Waals surface area contributed by atoms with Crippen LogP contribution in [0.15, 0.2) is 30.3 Å². The molecule has 79 valence electrons. The lowest BCUT2D eigenvalue weighted by Crippen LogP contribution is -2.18. The van der Waals surface area contributed by atoms with Crippen molar-refractivity contribution in [1.82, 2.24) is 0 Å². The summed E-state index contributed by atoms with van der Waals surface area (Å²) in [6.45, 7) is 3.53. The topological polar surface area (TPSA) is 43.4 Å². The first-order valence-electron chi connectivity index (χ1n) is 4.71. The fourth-order valence-electron chi connectivity index (χ4n) is 1.06. The highest BCUT2D eigenvalue weighted by atomic mass is 16.5. The number of carbonyl (C=O) groups excluding carboxylic acids is 2. The van der Waals surface area contributed by atoms with Gasteiger partial charge in [-0.25, -0.2) is 0 Å². The van der Waals surface area contributed by atoms with Gasteiger partial charge in [0.15, 0.2) is 0 Å². The van der Waals surface area contributed by atoms with Crippen molar-refractivity contribution in [3.63, 3.8) is 0 Å². The van der Waals surface area contributed by atoms with E-state index < -0.39 is 11.6 Å². The van der Waals surface area contributed by atoms with E-state index in [2.05, 4.69) is 6.92 Å². The molecule has 0 unspecified atom stereocenters. The molecule has 0 atom stereocenters. The first-order valence-corrected chi connectivity index (χ1v) is 4.71. The number of hydrogen-bond donors (Lipinski definition) is 0. The molecule has 3 nitrogen and oxygen atoms in total. The highest BCUT2D eigenvalue weighted by Gasteiger charge is 2.10. The van der Waals surface area contributed by atoms with E-state index in [0.717, 1.165) is 5.56 Å². The minimum Gasteiger partial charge on any atom is -0.368 e. The van der Waals surface area contributed by atoms with Crippen LogP contribution >= 0.6 is 0 Å². The number of carbonyl (C=O) groups is 2. The van der Waals surface area contributed by atoms with E-state index in [1.54, 1.807) is 0 Å². The van der Waals surface area contributed by atoms with Crippen molar-refractivity contribution in [2.45, 2.75) is 13.0 Å². The predicted molar refractivity (Wildman–Crippen MR) is 56.1 cm³/mol. The molecule has 0 heterocycles. The van der Waals surface area contributed by atoms with Gasteiger partial charge in [-0.05, 0) is 12.5 Å². The summed E-state index contributed by atoms with van der Waals surface area (Å²) >= 11 is 0. The highest BCUT2D eigenvalue weighted by Crippen LogP contribution is 2.00. The Morgan fingerprint density at radius 1 is 1.13 bits per heavy atom. The monoisotopic (exact) mass is 205 g/mol. The highest BCUT2D eigenvalue weighted by molar-refractivity contribution is 6.37. The molecule has 0 aromatic heterocycles. The Labute approximate surface area is 89.1 Å². The van der Waals surface area contributed by atoms with Crippen molar-refractivity contribution >= 4 is 11.6 Å². The number of ether oxygens (including phenoxy) is 1. The van der Waals surface area contributed by atoms with E-state index in [1.807, 2.05) is 30.3 Å². The molecule has 0 aliphatic rings. The SMILES string of the molecule is [CH2]CC(=O)C(=O)COCc1ccccc1. The molecular formula is C12H13O3. The number of benzene rings is 1. The maximum atomic E-state index is 11.0. The fourth-order valence-corrected chi connectivity index (χ4v) is 1.06. The van der Waals surface area contributed by atoms with E-state index in [9.17, 15) is 9.59 Å². The number of rotatable bonds is 6. The molecule has 15 heavy (non-hydrogen) atoms. The van der Waals surface area contributed by atoms with Crippen LogP contribution in [0.25, 0.3) is 0 Å². The van der Waals surface area contributed by atoms with Gasteiger partial charge in [0.2, 0.25) is 11.6 Å². The summed E-state index contributed by atoms with van der Waals surface area (Å²) in [5, 5.41) is 0. The van der Waals surface area contributed by atoms with E-state index in [-0.39, 0.29) is 13.0 Å². The van der Waals surface area contributed by atoms with Crippen LogP contribution < -0.4 is 0 Å². The molecule has 1 aromatic carbocycles. The van der Waals surface area contributed by atoms with Gasteiger partial charge in [-0.3, -0.25) is 9.59 Å². The Bertz CT molecular complexity index is 330. The Hall–Kier alpha value is -1.48. The second-order valence-corrected chi connectivity index (χ2v) is 3.07. The van der Waals surface area contributed by atoms with Crippen LogP contribution in [0, 0.1) is 6.92 Å². The zero-order valence-electron chi connectivity index (χ0n) is 8.44. The summed E-state index contributed by atoms with van der Waals surface area (Å²) in [5.41, 5.74) is 0.979. The Balaban J connectivity index is 2.28. The zero-order valence-corrected chi connectivity index (χ0v) is 8.44. The van der Waals surface area contributed by atoms with Gasteiger partial charge in [0.25, 0.3) is 0 Å². The van der Waals surface area contributed by atoms with Gasteiger partial charge in [0.05, 0.1) is 6.61 Å². The lowest BCUT2D eigenvalue weighted by molar-refractivity contribution is -0.139. The molecule has 0 saturated carbocycles. The molecular weight excluding hydrogens is 192 g/mol. The molecule has 0 spiro atoms. The van der Waals surface area contributed by atoms with E-state index >= 15 is 0 Å². The van der Waals surface area contributed by atoms with Crippen molar-refractivity contribution in [2.24, 2.45) is 0 Å². The minimum atomic E-state index is -0.513. The summed E-state index contributed by atoms with van der Waals surface area (Å²) in [5.74, 6) is -0.996. The van der Waals surface area contributed by atoms with Crippen LogP contribution in [0.1, 0.15) is 12.0 Å². The molecule has 0 N–H and O–H groups in total. The molecule has 1 radical (unpaired) electrons. The van der Waals surface area contributed by atoms with Crippen LogP contribution in [0.5, 0.6) is 0 Å². The minimum absolute atomic E-state index is 0.00642. The van der Waals surface area contributed by atoms with Gasteiger partial charge in [0, 0.05) is 6.42 Å².